The molecule has 0 aromatic carbocycles. The molecule has 0 aliphatic carbocycles. The van der Waals surface area contributed by atoms with E-state index in [1.165, 1.54) is 0 Å². The number of carbonyl (C=O) groups excluding carboxylic acids is 2. The first-order valence-electron chi connectivity index (χ1n) is 6.04. The zero-order valence-electron chi connectivity index (χ0n) is 11.1. The van der Waals surface area contributed by atoms with Crippen molar-refractivity contribution in [2.24, 2.45) is 5.92 Å². The van der Waals surface area contributed by atoms with E-state index in [9.17, 15) is 9.59 Å². The van der Waals surface area contributed by atoms with Crippen LogP contribution in [0.15, 0.2) is 12.2 Å². The largest absolute Gasteiger partial charge is 0.461 e. The Bertz CT molecular complexity index is 261. The third kappa shape index (κ3) is 6.76. The topological polar surface area (TPSA) is 55.4 Å². The summed E-state index contributed by atoms with van der Waals surface area (Å²) in [5, 5.41) is 2.49. The molecule has 0 fully saturated rings. The number of carbonyl (C=O) groups is 2. The summed E-state index contributed by atoms with van der Waals surface area (Å²) in [5.74, 6) is -0.337. The first kappa shape index (κ1) is 15.7. The molecular formula is C13H23NO3. The molecule has 0 aliphatic rings. The molecule has 1 amide bonds. The Labute approximate surface area is 103 Å². The maximum atomic E-state index is 11.8. The molecule has 0 aliphatic heterocycles. The molecule has 0 saturated heterocycles. The van der Waals surface area contributed by atoms with Crippen LogP contribution in [0.25, 0.3) is 0 Å². The van der Waals surface area contributed by atoms with Gasteiger partial charge in [0.2, 0.25) is 6.41 Å². The fourth-order valence-electron chi connectivity index (χ4n) is 1.43. The average Bonchev–Trinajstić information content (AvgIpc) is 2.25. The summed E-state index contributed by atoms with van der Waals surface area (Å²) in [5.41, 5.74) is 0. The number of hydrogen-bond acceptors (Lipinski definition) is 3. The second-order valence-electron chi connectivity index (χ2n) is 4.40. The van der Waals surface area contributed by atoms with Crippen molar-refractivity contribution in [2.75, 3.05) is 0 Å². The Morgan fingerprint density at radius 1 is 1.35 bits per heavy atom. The van der Waals surface area contributed by atoms with Gasteiger partial charge in [-0.2, -0.15) is 0 Å². The number of amides is 1. The molecule has 17 heavy (non-hydrogen) atoms. The van der Waals surface area contributed by atoms with Crippen LogP contribution in [0.4, 0.5) is 0 Å². The SMILES string of the molecule is C/C=C/CC[C@H](C)OC(=O)[C@@H](NC=O)C(C)C. The highest BCUT2D eigenvalue weighted by Gasteiger charge is 2.24. The standard InChI is InChI=1S/C13H23NO3/c1-5-6-7-8-11(4)17-13(16)12(10(2)3)14-9-15/h5-6,9-12H,7-8H2,1-4H3,(H,14,15)/b6-5+/t11-,12-/m0/s1. The average molecular weight is 241 g/mol. The highest BCUT2D eigenvalue weighted by molar-refractivity contribution is 5.78. The molecule has 0 rings (SSSR count). The third-order valence-corrected chi connectivity index (χ3v) is 2.46. The molecule has 1 N–H and O–H groups in total. The number of hydrogen-bond donors (Lipinski definition) is 1. The number of nitrogens with one attached hydrogen (secondary N) is 1. The molecule has 0 unspecified atom stereocenters. The lowest BCUT2D eigenvalue weighted by Gasteiger charge is -2.21. The van der Waals surface area contributed by atoms with E-state index in [2.05, 4.69) is 5.32 Å². The second kappa shape index (κ2) is 8.79. The summed E-state index contributed by atoms with van der Waals surface area (Å²) in [4.78, 5) is 22.1. The molecule has 0 aromatic heterocycles. The lowest BCUT2D eigenvalue weighted by molar-refractivity contribution is -0.153. The molecule has 0 saturated carbocycles. The molecule has 2 atom stereocenters. The quantitative estimate of drug-likeness (QED) is 0.402. The highest BCUT2D eigenvalue weighted by atomic mass is 16.5. The fraction of sp³-hybridized carbons (Fsp3) is 0.692. The van der Waals surface area contributed by atoms with Crippen molar-refractivity contribution in [3.8, 4) is 0 Å². The smallest absolute Gasteiger partial charge is 0.329 e. The molecule has 0 heterocycles. The van der Waals surface area contributed by atoms with Crippen molar-refractivity contribution < 1.29 is 14.3 Å². The monoisotopic (exact) mass is 241 g/mol. The van der Waals surface area contributed by atoms with Crippen LogP contribution >= 0.6 is 0 Å². The van der Waals surface area contributed by atoms with Gasteiger partial charge in [-0.15, -0.1) is 0 Å². The Kier molecular flexibility index (Phi) is 8.11. The molecular weight excluding hydrogens is 218 g/mol. The summed E-state index contributed by atoms with van der Waals surface area (Å²) in [6.07, 6.45) is 6.10. The van der Waals surface area contributed by atoms with Crippen LogP contribution in [0, 0.1) is 5.92 Å². The predicted molar refractivity (Wildman–Crippen MR) is 67.4 cm³/mol. The van der Waals surface area contributed by atoms with Crippen molar-refractivity contribution in [1.82, 2.24) is 5.32 Å². The summed E-state index contributed by atoms with van der Waals surface area (Å²) in [6.45, 7) is 7.55. The Morgan fingerprint density at radius 2 is 2.00 bits per heavy atom. The lowest BCUT2D eigenvalue weighted by Crippen LogP contribution is -2.42. The van der Waals surface area contributed by atoms with Crippen molar-refractivity contribution >= 4 is 12.4 Å². The first-order valence-corrected chi connectivity index (χ1v) is 6.04. The summed E-state index contributed by atoms with van der Waals surface area (Å²) in [7, 11) is 0. The molecule has 0 bridgehead atoms. The number of esters is 1. The van der Waals surface area contributed by atoms with Crippen LogP contribution in [0.1, 0.15) is 40.5 Å². The van der Waals surface area contributed by atoms with E-state index in [1.54, 1.807) is 0 Å². The van der Waals surface area contributed by atoms with Gasteiger partial charge in [0.15, 0.2) is 0 Å². The third-order valence-electron chi connectivity index (χ3n) is 2.46. The van der Waals surface area contributed by atoms with Gasteiger partial charge in [-0.3, -0.25) is 4.79 Å². The lowest BCUT2D eigenvalue weighted by atomic mass is 10.1. The van der Waals surface area contributed by atoms with Crippen molar-refractivity contribution in [1.29, 1.82) is 0 Å². The molecule has 0 spiro atoms. The minimum absolute atomic E-state index is 0.0236. The Balaban J connectivity index is 4.15. The van der Waals surface area contributed by atoms with E-state index in [4.69, 9.17) is 4.74 Å². The maximum absolute atomic E-state index is 11.8. The van der Waals surface area contributed by atoms with Crippen LogP contribution in [0.2, 0.25) is 0 Å². The summed E-state index contributed by atoms with van der Waals surface area (Å²) < 4.78 is 5.28. The molecule has 4 nitrogen and oxygen atoms in total. The van der Waals surface area contributed by atoms with E-state index in [-0.39, 0.29) is 18.0 Å². The summed E-state index contributed by atoms with van der Waals surface area (Å²) >= 11 is 0. The van der Waals surface area contributed by atoms with E-state index in [1.807, 2.05) is 39.8 Å². The molecule has 0 radical (unpaired) electrons. The van der Waals surface area contributed by atoms with Crippen LogP contribution in [-0.4, -0.2) is 24.5 Å². The van der Waals surface area contributed by atoms with Gasteiger partial charge in [0.25, 0.3) is 0 Å². The van der Waals surface area contributed by atoms with Gasteiger partial charge in [-0.05, 0) is 32.6 Å². The van der Waals surface area contributed by atoms with E-state index >= 15 is 0 Å². The van der Waals surface area contributed by atoms with Gasteiger partial charge < -0.3 is 10.1 Å². The zero-order valence-corrected chi connectivity index (χ0v) is 11.1. The van der Waals surface area contributed by atoms with Crippen LogP contribution in [-0.2, 0) is 14.3 Å². The fourth-order valence-corrected chi connectivity index (χ4v) is 1.43. The minimum Gasteiger partial charge on any atom is -0.461 e. The first-order chi connectivity index (χ1) is 8.02. The van der Waals surface area contributed by atoms with Crippen LogP contribution in [0.3, 0.4) is 0 Å². The van der Waals surface area contributed by atoms with Gasteiger partial charge in [0, 0.05) is 0 Å². The van der Waals surface area contributed by atoms with Crippen LogP contribution < -0.4 is 5.32 Å². The van der Waals surface area contributed by atoms with E-state index in [0.717, 1.165) is 12.8 Å². The normalized spacial score (nSPS) is 14.6. The van der Waals surface area contributed by atoms with Gasteiger partial charge >= 0.3 is 5.97 Å². The van der Waals surface area contributed by atoms with Gasteiger partial charge in [0.05, 0.1) is 6.10 Å². The molecule has 98 valence electrons. The van der Waals surface area contributed by atoms with Crippen LogP contribution in [0.5, 0.6) is 0 Å². The number of ether oxygens (including phenoxy) is 1. The Hall–Kier alpha value is -1.32. The highest BCUT2D eigenvalue weighted by Crippen LogP contribution is 2.08. The van der Waals surface area contributed by atoms with Gasteiger partial charge in [0.1, 0.15) is 6.04 Å². The van der Waals surface area contributed by atoms with Crippen molar-refractivity contribution in [2.45, 2.75) is 52.7 Å². The maximum Gasteiger partial charge on any atom is 0.329 e. The van der Waals surface area contributed by atoms with Crippen molar-refractivity contribution in [3.05, 3.63) is 12.2 Å². The van der Waals surface area contributed by atoms with Gasteiger partial charge in [-0.25, -0.2) is 4.79 Å². The zero-order chi connectivity index (χ0) is 13.3. The van der Waals surface area contributed by atoms with E-state index < -0.39 is 6.04 Å². The van der Waals surface area contributed by atoms with E-state index in [0.29, 0.717) is 6.41 Å². The number of rotatable bonds is 8. The summed E-state index contributed by atoms with van der Waals surface area (Å²) in [6, 6.07) is -0.559. The predicted octanol–water partition coefficient (Wildman–Crippen LogP) is 2.04. The van der Waals surface area contributed by atoms with Crippen molar-refractivity contribution in [3.63, 3.8) is 0 Å². The molecule has 0 aromatic rings. The second-order valence-corrected chi connectivity index (χ2v) is 4.40. The van der Waals surface area contributed by atoms with Gasteiger partial charge in [-0.1, -0.05) is 26.0 Å². The number of allylic oxidation sites excluding steroid dienone is 2. The minimum atomic E-state index is -0.559. The molecule has 4 heteroatoms. The Morgan fingerprint density at radius 3 is 2.47 bits per heavy atom.